The smallest absolute Gasteiger partial charge is 0 e. The molecule has 0 aliphatic heterocycles. The highest BCUT2D eigenvalue weighted by Crippen LogP contribution is 2.21. The van der Waals surface area contributed by atoms with E-state index in [1.807, 2.05) is 27.7 Å². The molecule has 0 aromatic rings. The molecule has 0 N–H and O–H groups in total. The van der Waals surface area contributed by atoms with E-state index in [1.54, 1.807) is 0 Å². The molecule has 0 unspecified atom stereocenters. The monoisotopic (exact) mass is 227 g/mol. The van der Waals surface area contributed by atoms with Crippen molar-refractivity contribution in [2.45, 2.75) is 76.7 Å². The summed E-state index contributed by atoms with van der Waals surface area (Å²) < 4.78 is 0. The molecule has 0 atom stereocenters. The number of rotatable bonds is 0. The highest BCUT2D eigenvalue weighted by atomic mass is 14.1. The van der Waals surface area contributed by atoms with Gasteiger partial charge in [-0.05, 0) is 10.8 Å². The molecule has 99 valence electrons. The zero-order valence-electron chi connectivity index (χ0n) is 12.7. The summed E-state index contributed by atoms with van der Waals surface area (Å²) in [6, 6.07) is 0. The van der Waals surface area contributed by atoms with Crippen molar-refractivity contribution in [1.82, 2.24) is 0 Å². The lowest BCUT2D eigenvalue weighted by molar-refractivity contribution is 0.502. The third kappa shape index (κ3) is 48.9. The summed E-state index contributed by atoms with van der Waals surface area (Å²) in [5.41, 5.74) is 0.653. The van der Waals surface area contributed by atoms with Crippen LogP contribution in [0.2, 0.25) is 0 Å². The third-order valence-corrected chi connectivity index (χ3v) is 1.08. The van der Waals surface area contributed by atoms with Crippen molar-refractivity contribution in [1.29, 1.82) is 0 Å². The van der Waals surface area contributed by atoms with Gasteiger partial charge >= 0.3 is 0 Å². The Hall–Kier alpha value is -0.195. The van der Waals surface area contributed by atoms with E-state index in [1.165, 1.54) is 0 Å². The Morgan fingerprint density at radius 1 is 0.562 bits per heavy atom. The summed E-state index contributed by atoms with van der Waals surface area (Å²) >= 11 is 0. The molecule has 0 bridgehead atoms. The van der Waals surface area contributed by atoms with Crippen LogP contribution in [0.5, 0.6) is 0 Å². The van der Waals surface area contributed by atoms with Crippen LogP contribution >= 0.6 is 0 Å². The molecule has 0 saturated heterocycles. The van der Waals surface area contributed by atoms with Crippen LogP contribution in [0.1, 0.15) is 76.7 Å². The Morgan fingerprint density at radius 3 is 0.750 bits per heavy atom. The van der Waals surface area contributed by atoms with Gasteiger partial charge in [0.05, 0.1) is 0 Å². The first kappa shape index (κ1) is 29.7. The average molecular weight is 227 g/mol. The van der Waals surface area contributed by atoms with E-state index in [-0.39, 0.29) is 15.8 Å². The molecule has 0 aliphatic carbocycles. The summed E-state index contributed by atoms with van der Waals surface area (Å²) in [5, 5.41) is 0. The van der Waals surface area contributed by atoms with Gasteiger partial charge in [0.15, 0.2) is 0 Å². The molecule has 1 heteroatoms. The highest BCUT2D eigenvalue weighted by Gasteiger charge is 2.08. The summed E-state index contributed by atoms with van der Waals surface area (Å²) in [6.45, 7) is 21.3. The Kier molecular flexibility index (Phi) is 27.5. The van der Waals surface area contributed by atoms with E-state index in [9.17, 15) is 0 Å². The molecule has 16 heavy (non-hydrogen) atoms. The largest absolute Gasteiger partial charge is 0.0826 e. The normalized spacial score (nSPS) is 9.88. The molecular weight excluding hydrogens is 191 g/mol. The van der Waals surface area contributed by atoms with Crippen molar-refractivity contribution < 1.29 is 0 Å². The lowest BCUT2D eigenvalue weighted by Gasteiger charge is -2.17. The first-order valence-electron chi connectivity index (χ1n) is 5.91. The summed E-state index contributed by atoms with van der Waals surface area (Å²) in [7, 11) is 0. The van der Waals surface area contributed by atoms with Crippen LogP contribution in [-0.4, -0.2) is 8.41 Å². The van der Waals surface area contributed by atoms with Crippen molar-refractivity contribution in [3.63, 3.8) is 0 Å². The van der Waals surface area contributed by atoms with Gasteiger partial charge in [0.25, 0.3) is 0 Å². The predicted molar refractivity (Wildman–Crippen MR) is 83.2 cm³/mol. The lowest BCUT2D eigenvalue weighted by atomic mass is 9.89. The SMILES string of the molecule is C.CC.CC.CC(C)(C)C=CC(C)(C)C.[B]. The zero-order chi connectivity index (χ0) is 12.4. The van der Waals surface area contributed by atoms with E-state index in [0.717, 1.165) is 0 Å². The predicted octanol–water partition coefficient (Wildman–Crippen LogP) is 5.94. The van der Waals surface area contributed by atoms with Gasteiger partial charge in [-0.2, -0.15) is 0 Å². The minimum absolute atomic E-state index is 0. The topological polar surface area (TPSA) is 0 Å². The number of allylic oxidation sites excluding steroid dienone is 2. The third-order valence-electron chi connectivity index (χ3n) is 1.08. The minimum Gasteiger partial charge on any atom is -0.0826 e. The Bertz CT molecular complexity index is 105. The van der Waals surface area contributed by atoms with Gasteiger partial charge in [-0.1, -0.05) is 88.8 Å². The van der Waals surface area contributed by atoms with E-state index < -0.39 is 0 Å². The van der Waals surface area contributed by atoms with Crippen LogP contribution in [0.15, 0.2) is 12.2 Å². The average Bonchev–Trinajstić information content (AvgIpc) is 2.06. The molecule has 0 heterocycles. The van der Waals surface area contributed by atoms with Crippen LogP contribution in [0, 0.1) is 10.8 Å². The molecule has 0 aromatic carbocycles. The first-order chi connectivity index (χ1) is 6.21. The van der Waals surface area contributed by atoms with Crippen molar-refractivity contribution >= 4 is 8.41 Å². The molecule has 3 radical (unpaired) electrons. The highest BCUT2D eigenvalue weighted by molar-refractivity contribution is 5.75. The van der Waals surface area contributed by atoms with E-state index in [2.05, 4.69) is 53.7 Å². The summed E-state index contributed by atoms with van der Waals surface area (Å²) in [5.74, 6) is 0. The molecular formula is C15H36B. The van der Waals surface area contributed by atoms with Gasteiger partial charge < -0.3 is 0 Å². The standard InChI is InChI=1S/C10H20.2C2H6.CH4.B/c1-9(2,3)7-8-10(4,5)6;2*1-2;;/h7-8H,1-6H3;2*1-2H3;1H4;. The maximum atomic E-state index is 2.27. The van der Waals surface area contributed by atoms with Gasteiger partial charge in [-0.15, -0.1) is 0 Å². The second-order valence-electron chi connectivity index (χ2n) is 5.07. The Morgan fingerprint density at radius 2 is 0.688 bits per heavy atom. The summed E-state index contributed by atoms with van der Waals surface area (Å²) in [6.07, 6.45) is 4.54. The van der Waals surface area contributed by atoms with Crippen molar-refractivity contribution in [3.8, 4) is 0 Å². The minimum atomic E-state index is 0. The van der Waals surface area contributed by atoms with E-state index >= 15 is 0 Å². The molecule has 0 aromatic heterocycles. The van der Waals surface area contributed by atoms with Crippen molar-refractivity contribution in [3.05, 3.63) is 12.2 Å². The lowest BCUT2D eigenvalue weighted by Crippen LogP contribution is -2.04. The van der Waals surface area contributed by atoms with Crippen LogP contribution in [0.4, 0.5) is 0 Å². The Balaban J connectivity index is -0.0000000602. The molecule has 0 amide bonds. The Labute approximate surface area is 108 Å². The van der Waals surface area contributed by atoms with Crippen LogP contribution in [0.3, 0.4) is 0 Å². The molecule has 0 nitrogen and oxygen atoms in total. The van der Waals surface area contributed by atoms with Crippen LogP contribution in [0.25, 0.3) is 0 Å². The van der Waals surface area contributed by atoms with Gasteiger partial charge in [0, 0.05) is 8.41 Å². The van der Waals surface area contributed by atoms with E-state index in [0.29, 0.717) is 10.8 Å². The van der Waals surface area contributed by atoms with Gasteiger partial charge in [-0.3, -0.25) is 0 Å². The molecule has 0 aliphatic rings. The van der Waals surface area contributed by atoms with Gasteiger partial charge in [0.2, 0.25) is 0 Å². The fraction of sp³-hybridized carbons (Fsp3) is 0.867. The van der Waals surface area contributed by atoms with Crippen LogP contribution < -0.4 is 0 Å². The second-order valence-corrected chi connectivity index (χ2v) is 5.07. The summed E-state index contributed by atoms with van der Waals surface area (Å²) in [4.78, 5) is 0. The van der Waals surface area contributed by atoms with Crippen molar-refractivity contribution in [2.24, 2.45) is 10.8 Å². The fourth-order valence-corrected chi connectivity index (χ4v) is 0.500. The molecule has 0 fully saturated rings. The maximum Gasteiger partial charge on any atom is 0 e. The molecule has 0 rings (SSSR count). The van der Waals surface area contributed by atoms with E-state index in [4.69, 9.17) is 0 Å². The van der Waals surface area contributed by atoms with Gasteiger partial charge in [-0.25, -0.2) is 0 Å². The second kappa shape index (κ2) is 14.8. The number of hydrogen-bond donors (Lipinski definition) is 0. The molecule has 0 saturated carbocycles. The van der Waals surface area contributed by atoms with Crippen LogP contribution in [-0.2, 0) is 0 Å². The zero-order valence-corrected chi connectivity index (χ0v) is 12.7. The quantitative estimate of drug-likeness (QED) is 0.354. The van der Waals surface area contributed by atoms with Gasteiger partial charge in [0.1, 0.15) is 0 Å². The first-order valence-corrected chi connectivity index (χ1v) is 5.91. The molecule has 0 spiro atoms. The fourth-order valence-electron chi connectivity index (χ4n) is 0.500. The number of hydrogen-bond acceptors (Lipinski definition) is 0. The maximum absolute atomic E-state index is 2.27. The van der Waals surface area contributed by atoms with Crippen molar-refractivity contribution in [2.75, 3.05) is 0 Å².